The van der Waals surface area contributed by atoms with Crippen LogP contribution in [0.1, 0.15) is 25.3 Å². The molecular weight excluding hydrogens is 192 g/mol. The van der Waals surface area contributed by atoms with E-state index in [2.05, 4.69) is 0 Å². The van der Waals surface area contributed by atoms with Gasteiger partial charge in [-0.3, -0.25) is 0 Å². The molecule has 1 aromatic carbocycles. The van der Waals surface area contributed by atoms with Gasteiger partial charge in [0.1, 0.15) is 17.8 Å². The van der Waals surface area contributed by atoms with E-state index in [0.29, 0.717) is 12.4 Å². The van der Waals surface area contributed by atoms with Crippen molar-refractivity contribution < 1.29 is 14.3 Å². The fourth-order valence-corrected chi connectivity index (χ4v) is 1.40. The number of benzene rings is 1. The van der Waals surface area contributed by atoms with E-state index >= 15 is 0 Å². The van der Waals surface area contributed by atoms with Crippen LogP contribution in [0.5, 0.6) is 11.5 Å². The molecule has 1 atom stereocenters. The average molecular weight is 208 g/mol. The zero-order chi connectivity index (χ0) is 11.3. The van der Waals surface area contributed by atoms with E-state index in [1.165, 1.54) is 0 Å². The lowest BCUT2D eigenvalue weighted by atomic mass is 10.0. The molecule has 82 valence electrons. The van der Waals surface area contributed by atoms with E-state index in [4.69, 9.17) is 9.47 Å². The van der Waals surface area contributed by atoms with Gasteiger partial charge in [0.2, 0.25) is 0 Å². The standard InChI is InChI=1S/C12H16O3/c1-4-15-10-5-6-11(9(2)8-13)12(7-10)14-3/h5-9H,4H2,1-3H3. The Kier molecular flexibility index (Phi) is 4.16. The molecule has 0 aliphatic heterocycles. The lowest BCUT2D eigenvalue weighted by molar-refractivity contribution is -0.108. The topological polar surface area (TPSA) is 35.5 Å². The summed E-state index contributed by atoms with van der Waals surface area (Å²) >= 11 is 0. The van der Waals surface area contributed by atoms with Crippen LogP contribution >= 0.6 is 0 Å². The predicted octanol–water partition coefficient (Wildman–Crippen LogP) is 2.40. The maximum atomic E-state index is 10.7. The van der Waals surface area contributed by atoms with Crippen molar-refractivity contribution in [2.24, 2.45) is 0 Å². The van der Waals surface area contributed by atoms with Gasteiger partial charge in [0.05, 0.1) is 13.7 Å². The van der Waals surface area contributed by atoms with Gasteiger partial charge in [0.25, 0.3) is 0 Å². The molecule has 15 heavy (non-hydrogen) atoms. The normalized spacial score (nSPS) is 11.9. The average Bonchev–Trinajstić information content (AvgIpc) is 2.28. The first-order chi connectivity index (χ1) is 7.22. The first-order valence-corrected chi connectivity index (χ1v) is 4.99. The minimum absolute atomic E-state index is 0.157. The Morgan fingerprint density at radius 1 is 1.47 bits per heavy atom. The molecule has 0 spiro atoms. The summed E-state index contributed by atoms with van der Waals surface area (Å²) < 4.78 is 10.6. The third-order valence-corrected chi connectivity index (χ3v) is 2.21. The van der Waals surface area contributed by atoms with Crippen LogP contribution in [0.15, 0.2) is 18.2 Å². The smallest absolute Gasteiger partial charge is 0.127 e. The summed E-state index contributed by atoms with van der Waals surface area (Å²) in [5.41, 5.74) is 0.885. The molecule has 0 bridgehead atoms. The van der Waals surface area contributed by atoms with Crippen LogP contribution in [0.3, 0.4) is 0 Å². The molecule has 3 heteroatoms. The van der Waals surface area contributed by atoms with Crippen LogP contribution in [0.25, 0.3) is 0 Å². The summed E-state index contributed by atoms with van der Waals surface area (Å²) in [6, 6.07) is 5.52. The Hall–Kier alpha value is -1.51. The number of hydrogen-bond donors (Lipinski definition) is 0. The van der Waals surface area contributed by atoms with E-state index < -0.39 is 0 Å². The third-order valence-electron chi connectivity index (χ3n) is 2.21. The van der Waals surface area contributed by atoms with Crippen LogP contribution < -0.4 is 9.47 Å². The molecule has 1 unspecified atom stereocenters. The molecular formula is C12H16O3. The van der Waals surface area contributed by atoms with Gasteiger partial charge in [-0.2, -0.15) is 0 Å². The van der Waals surface area contributed by atoms with Gasteiger partial charge >= 0.3 is 0 Å². The Bertz CT molecular complexity index is 334. The fourth-order valence-electron chi connectivity index (χ4n) is 1.40. The zero-order valence-corrected chi connectivity index (χ0v) is 9.32. The SMILES string of the molecule is CCOc1ccc(C(C)C=O)c(OC)c1. The lowest BCUT2D eigenvalue weighted by Crippen LogP contribution is -2.00. The van der Waals surface area contributed by atoms with Crippen LogP contribution in [0, 0.1) is 0 Å². The van der Waals surface area contributed by atoms with Gasteiger partial charge in [0, 0.05) is 17.5 Å². The molecule has 1 rings (SSSR count). The van der Waals surface area contributed by atoms with Crippen molar-refractivity contribution in [2.45, 2.75) is 19.8 Å². The molecule has 0 amide bonds. The molecule has 1 aromatic rings. The van der Waals surface area contributed by atoms with Gasteiger partial charge in [-0.05, 0) is 13.0 Å². The monoisotopic (exact) mass is 208 g/mol. The molecule has 0 fully saturated rings. The number of hydrogen-bond acceptors (Lipinski definition) is 3. The molecule has 0 saturated heterocycles. The number of rotatable bonds is 5. The van der Waals surface area contributed by atoms with E-state index in [0.717, 1.165) is 17.6 Å². The Balaban J connectivity index is 3.03. The highest BCUT2D eigenvalue weighted by Crippen LogP contribution is 2.29. The first-order valence-electron chi connectivity index (χ1n) is 4.99. The number of carbonyl (C=O) groups excluding carboxylic acids is 1. The predicted molar refractivity (Wildman–Crippen MR) is 58.6 cm³/mol. The largest absolute Gasteiger partial charge is 0.496 e. The molecule has 0 N–H and O–H groups in total. The second-order valence-electron chi connectivity index (χ2n) is 3.26. The van der Waals surface area contributed by atoms with Crippen molar-refractivity contribution in [2.75, 3.05) is 13.7 Å². The molecule has 0 saturated carbocycles. The maximum Gasteiger partial charge on any atom is 0.127 e. The minimum atomic E-state index is -0.157. The Morgan fingerprint density at radius 3 is 2.73 bits per heavy atom. The lowest BCUT2D eigenvalue weighted by Gasteiger charge is -2.12. The molecule has 0 aromatic heterocycles. The van der Waals surface area contributed by atoms with E-state index in [1.807, 2.05) is 26.0 Å². The van der Waals surface area contributed by atoms with Gasteiger partial charge < -0.3 is 14.3 Å². The minimum Gasteiger partial charge on any atom is -0.496 e. The summed E-state index contributed by atoms with van der Waals surface area (Å²) in [6.45, 7) is 4.38. The van der Waals surface area contributed by atoms with Gasteiger partial charge in [-0.15, -0.1) is 0 Å². The molecule has 3 nitrogen and oxygen atoms in total. The summed E-state index contributed by atoms with van der Waals surface area (Å²) in [4.78, 5) is 10.7. The Morgan fingerprint density at radius 2 is 2.20 bits per heavy atom. The van der Waals surface area contributed by atoms with Crippen LogP contribution in [0.4, 0.5) is 0 Å². The van der Waals surface area contributed by atoms with Crippen molar-refractivity contribution in [3.05, 3.63) is 23.8 Å². The number of ether oxygens (including phenoxy) is 2. The number of methoxy groups -OCH3 is 1. The quantitative estimate of drug-likeness (QED) is 0.697. The number of aldehydes is 1. The van der Waals surface area contributed by atoms with Crippen LogP contribution in [0.2, 0.25) is 0 Å². The number of carbonyl (C=O) groups is 1. The molecule has 0 radical (unpaired) electrons. The van der Waals surface area contributed by atoms with Crippen LogP contribution in [-0.4, -0.2) is 20.0 Å². The van der Waals surface area contributed by atoms with Gasteiger partial charge in [0.15, 0.2) is 0 Å². The summed E-state index contributed by atoms with van der Waals surface area (Å²) in [7, 11) is 1.59. The maximum absolute atomic E-state index is 10.7. The summed E-state index contributed by atoms with van der Waals surface area (Å²) in [5, 5.41) is 0. The van der Waals surface area contributed by atoms with Crippen molar-refractivity contribution in [3.63, 3.8) is 0 Å². The fraction of sp³-hybridized carbons (Fsp3) is 0.417. The summed E-state index contributed by atoms with van der Waals surface area (Å²) in [5.74, 6) is 1.30. The third kappa shape index (κ3) is 2.72. The van der Waals surface area contributed by atoms with Crippen LogP contribution in [-0.2, 0) is 4.79 Å². The second-order valence-corrected chi connectivity index (χ2v) is 3.26. The zero-order valence-electron chi connectivity index (χ0n) is 9.32. The second kappa shape index (κ2) is 5.39. The van der Waals surface area contributed by atoms with E-state index in [1.54, 1.807) is 13.2 Å². The highest BCUT2D eigenvalue weighted by Gasteiger charge is 2.11. The van der Waals surface area contributed by atoms with E-state index in [9.17, 15) is 4.79 Å². The van der Waals surface area contributed by atoms with Crippen molar-refractivity contribution in [3.8, 4) is 11.5 Å². The molecule has 0 heterocycles. The van der Waals surface area contributed by atoms with Gasteiger partial charge in [-0.25, -0.2) is 0 Å². The highest BCUT2D eigenvalue weighted by molar-refractivity contribution is 5.64. The molecule has 0 aliphatic carbocycles. The van der Waals surface area contributed by atoms with Crippen molar-refractivity contribution in [1.82, 2.24) is 0 Å². The Labute approximate surface area is 90.0 Å². The summed E-state index contributed by atoms with van der Waals surface area (Å²) in [6.07, 6.45) is 0.901. The van der Waals surface area contributed by atoms with Crippen molar-refractivity contribution >= 4 is 6.29 Å². The van der Waals surface area contributed by atoms with E-state index in [-0.39, 0.29) is 5.92 Å². The highest BCUT2D eigenvalue weighted by atomic mass is 16.5. The molecule has 0 aliphatic rings. The first kappa shape index (κ1) is 11.6. The van der Waals surface area contributed by atoms with Crippen molar-refractivity contribution in [1.29, 1.82) is 0 Å². The van der Waals surface area contributed by atoms with Gasteiger partial charge in [-0.1, -0.05) is 13.0 Å².